The van der Waals surface area contributed by atoms with Crippen molar-refractivity contribution in [2.45, 2.75) is 6.54 Å². The van der Waals surface area contributed by atoms with Crippen LogP contribution in [-0.4, -0.2) is 21.3 Å². The zero-order valence-electron chi connectivity index (χ0n) is 12.4. The lowest BCUT2D eigenvalue weighted by molar-refractivity contribution is 0.355. The molecule has 0 fully saturated rings. The molecule has 0 aliphatic carbocycles. The van der Waals surface area contributed by atoms with E-state index in [-0.39, 0.29) is 5.82 Å². The molecule has 0 amide bonds. The summed E-state index contributed by atoms with van der Waals surface area (Å²) in [5.41, 5.74) is 8.48. The van der Waals surface area contributed by atoms with Crippen molar-refractivity contribution in [1.29, 1.82) is 0 Å². The summed E-state index contributed by atoms with van der Waals surface area (Å²) < 4.78 is 23.4. The molecule has 0 aliphatic rings. The van der Waals surface area contributed by atoms with Crippen molar-refractivity contribution >= 4 is 11.4 Å². The van der Waals surface area contributed by atoms with Crippen LogP contribution in [0, 0.1) is 5.82 Å². The monoisotopic (exact) mass is 290 g/mol. The van der Waals surface area contributed by atoms with Gasteiger partial charge in [0.25, 0.3) is 0 Å². The van der Waals surface area contributed by atoms with E-state index in [4.69, 9.17) is 15.2 Å². The average Bonchev–Trinajstić information content (AvgIpc) is 2.49. The van der Waals surface area contributed by atoms with Crippen LogP contribution in [0.2, 0.25) is 0 Å². The number of ether oxygens (including phenoxy) is 2. The number of nitrogens with two attached hydrogens (primary N) is 1. The summed E-state index contributed by atoms with van der Waals surface area (Å²) in [5, 5.41) is 0. The van der Waals surface area contributed by atoms with Crippen molar-refractivity contribution in [3.05, 3.63) is 47.8 Å². The minimum Gasteiger partial charge on any atom is -0.493 e. The van der Waals surface area contributed by atoms with Crippen molar-refractivity contribution in [3.63, 3.8) is 0 Å². The lowest BCUT2D eigenvalue weighted by atomic mass is 10.1. The van der Waals surface area contributed by atoms with E-state index in [1.807, 2.05) is 18.0 Å². The fourth-order valence-corrected chi connectivity index (χ4v) is 2.16. The lowest BCUT2D eigenvalue weighted by Crippen LogP contribution is -2.18. The third kappa shape index (κ3) is 3.37. The first-order valence-corrected chi connectivity index (χ1v) is 6.52. The van der Waals surface area contributed by atoms with Crippen LogP contribution in [0.4, 0.5) is 15.8 Å². The van der Waals surface area contributed by atoms with Crippen LogP contribution in [0.15, 0.2) is 36.4 Å². The number of hydrogen-bond acceptors (Lipinski definition) is 4. The van der Waals surface area contributed by atoms with Crippen LogP contribution in [-0.2, 0) is 6.54 Å². The number of hydrogen-bond donors (Lipinski definition) is 1. The van der Waals surface area contributed by atoms with Gasteiger partial charge in [-0.2, -0.15) is 0 Å². The summed E-state index contributed by atoms with van der Waals surface area (Å²) in [6.07, 6.45) is 0. The predicted octanol–water partition coefficient (Wildman–Crippen LogP) is 3.06. The Labute approximate surface area is 123 Å². The Balaban J connectivity index is 2.26. The third-order valence-corrected chi connectivity index (χ3v) is 3.28. The second-order valence-corrected chi connectivity index (χ2v) is 4.75. The molecule has 0 unspecified atom stereocenters. The van der Waals surface area contributed by atoms with Crippen LogP contribution < -0.4 is 20.1 Å². The molecule has 0 saturated heterocycles. The number of halogens is 1. The first-order valence-electron chi connectivity index (χ1n) is 6.52. The van der Waals surface area contributed by atoms with E-state index in [1.165, 1.54) is 12.1 Å². The summed E-state index contributed by atoms with van der Waals surface area (Å²) in [5.74, 6) is 0.966. The highest BCUT2D eigenvalue weighted by Crippen LogP contribution is 2.36. The number of methoxy groups -OCH3 is 2. The van der Waals surface area contributed by atoms with Gasteiger partial charge >= 0.3 is 0 Å². The minimum atomic E-state index is -0.243. The van der Waals surface area contributed by atoms with Crippen LogP contribution in [0.3, 0.4) is 0 Å². The van der Waals surface area contributed by atoms with Crippen molar-refractivity contribution in [3.8, 4) is 11.5 Å². The number of rotatable bonds is 5. The first kappa shape index (κ1) is 15.0. The van der Waals surface area contributed by atoms with Gasteiger partial charge < -0.3 is 20.1 Å². The molecule has 0 bridgehead atoms. The summed E-state index contributed by atoms with van der Waals surface area (Å²) in [7, 11) is 5.07. The zero-order valence-corrected chi connectivity index (χ0v) is 12.4. The summed E-state index contributed by atoms with van der Waals surface area (Å²) in [6, 6.07) is 9.96. The second kappa shape index (κ2) is 6.35. The van der Waals surface area contributed by atoms with Crippen LogP contribution in [0.5, 0.6) is 11.5 Å². The van der Waals surface area contributed by atoms with E-state index in [1.54, 1.807) is 32.4 Å². The Bertz CT molecular complexity index is 614. The van der Waals surface area contributed by atoms with Crippen LogP contribution >= 0.6 is 0 Å². The van der Waals surface area contributed by atoms with Gasteiger partial charge in [-0.1, -0.05) is 12.1 Å². The quantitative estimate of drug-likeness (QED) is 0.860. The summed E-state index contributed by atoms with van der Waals surface area (Å²) in [6.45, 7) is 0.611. The molecule has 21 heavy (non-hydrogen) atoms. The zero-order chi connectivity index (χ0) is 15.4. The van der Waals surface area contributed by atoms with Gasteiger partial charge in [0, 0.05) is 25.7 Å². The molecule has 0 aliphatic heterocycles. The molecule has 112 valence electrons. The minimum absolute atomic E-state index is 0.243. The van der Waals surface area contributed by atoms with E-state index in [2.05, 4.69) is 0 Å². The molecule has 2 aromatic rings. The van der Waals surface area contributed by atoms with E-state index in [9.17, 15) is 4.39 Å². The highest BCUT2D eigenvalue weighted by molar-refractivity contribution is 5.73. The average molecular weight is 290 g/mol. The van der Waals surface area contributed by atoms with Gasteiger partial charge in [0.2, 0.25) is 0 Å². The van der Waals surface area contributed by atoms with E-state index in [0.717, 1.165) is 11.3 Å². The SMILES string of the molecule is COc1cc(N)c(N(C)Cc2ccc(F)cc2)cc1OC. The molecule has 4 nitrogen and oxygen atoms in total. The van der Waals surface area contributed by atoms with Gasteiger partial charge in [-0.05, 0) is 17.7 Å². The molecule has 2 rings (SSSR count). The maximum absolute atomic E-state index is 12.9. The van der Waals surface area contributed by atoms with E-state index >= 15 is 0 Å². The van der Waals surface area contributed by atoms with Gasteiger partial charge in [0.1, 0.15) is 5.82 Å². The van der Waals surface area contributed by atoms with Crippen molar-refractivity contribution in [1.82, 2.24) is 0 Å². The highest BCUT2D eigenvalue weighted by atomic mass is 19.1. The Morgan fingerprint density at radius 3 is 2.19 bits per heavy atom. The molecule has 2 N–H and O–H groups in total. The summed E-state index contributed by atoms with van der Waals surface area (Å²) >= 11 is 0. The lowest BCUT2D eigenvalue weighted by Gasteiger charge is -2.22. The largest absolute Gasteiger partial charge is 0.493 e. The smallest absolute Gasteiger partial charge is 0.162 e. The molecule has 0 aromatic heterocycles. The number of nitrogen functional groups attached to an aromatic ring is 1. The Morgan fingerprint density at radius 2 is 1.62 bits per heavy atom. The van der Waals surface area contributed by atoms with Crippen LogP contribution in [0.25, 0.3) is 0 Å². The molecular weight excluding hydrogens is 271 g/mol. The van der Waals surface area contributed by atoms with Crippen molar-refractivity contribution < 1.29 is 13.9 Å². The number of anilines is 2. The molecular formula is C16H19FN2O2. The predicted molar refractivity (Wildman–Crippen MR) is 82.5 cm³/mol. The Morgan fingerprint density at radius 1 is 1.05 bits per heavy atom. The standard InChI is InChI=1S/C16H19FN2O2/c1-19(10-11-4-6-12(17)7-5-11)14-9-16(21-3)15(20-2)8-13(14)18/h4-9H,10,18H2,1-3H3. The van der Waals surface area contributed by atoms with E-state index < -0.39 is 0 Å². The maximum Gasteiger partial charge on any atom is 0.162 e. The van der Waals surface area contributed by atoms with Gasteiger partial charge in [-0.15, -0.1) is 0 Å². The fourth-order valence-electron chi connectivity index (χ4n) is 2.16. The molecule has 2 aromatic carbocycles. The van der Waals surface area contributed by atoms with Gasteiger partial charge in [-0.3, -0.25) is 0 Å². The number of nitrogens with zero attached hydrogens (tertiary/aromatic N) is 1. The third-order valence-electron chi connectivity index (χ3n) is 3.28. The molecule has 5 heteroatoms. The normalized spacial score (nSPS) is 10.3. The molecule has 0 radical (unpaired) electrons. The van der Waals surface area contributed by atoms with Gasteiger partial charge in [0.15, 0.2) is 11.5 Å². The molecule has 0 spiro atoms. The van der Waals surface area contributed by atoms with Gasteiger partial charge in [0.05, 0.1) is 25.6 Å². The van der Waals surface area contributed by atoms with Gasteiger partial charge in [-0.25, -0.2) is 4.39 Å². The topological polar surface area (TPSA) is 47.7 Å². The maximum atomic E-state index is 12.9. The van der Waals surface area contributed by atoms with Crippen molar-refractivity contribution in [2.24, 2.45) is 0 Å². The van der Waals surface area contributed by atoms with E-state index in [0.29, 0.717) is 23.7 Å². The summed E-state index contributed by atoms with van der Waals surface area (Å²) in [4.78, 5) is 1.98. The highest BCUT2D eigenvalue weighted by Gasteiger charge is 2.12. The molecule has 0 saturated carbocycles. The Kier molecular flexibility index (Phi) is 4.52. The first-order chi connectivity index (χ1) is 10.0. The molecule has 0 heterocycles. The fraction of sp³-hybridized carbons (Fsp3) is 0.250. The second-order valence-electron chi connectivity index (χ2n) is 4.75. The molecule has 0 atom stereocenters. The Hall–Kier alpha value is -2.43. The van der Waals surface area contributed by atoms with Crippen molar-refractivity contribution in [2.75, 3.05) is 31.9 Å². The van der Waals surface area contributed by atoms with Crippen LogP contribution in [0.1, 0.15) is 5.56 Å². The number of benzene rings is 2.